The number of nitrogens with zero attached hydrogens (tertiary/aromatic N) is 2. The zero-order chi connectivity index (χ0) is 17.5. The standard InChI is InChI=1S/C19H29N3O2S/c23-17(13-22-12-6-2-5-9-19(22)24)20-11-10-18-21-16(14-25-18)15-7-3-1-4-8-15/h14-15H,1-13H2,(H,20,23). The van der Waals surface area contributed by atoms with E-state index in [4.69, 9.17) is 4.98 Å². The first-order valence-corrected chi connectivity index (χ1v) is 10.6. The normalized spacial score (nSPS) is 19.7. The van der Waals surface area contributed by atoms with Gasteiger partial charge in [-0.1, -0.05) is 25.7 Å². The molecule has 0 unspecified atom stereocenters. The van der Waals surface area contributed by atoms with Crippen LogP contribution in [0.3, 0.4) is 0 Å². The van der Waals surface area contributed by atoms with Crippen molar-refractivity contribution in [2.24, 2.45) is 0 Å². The number of nitrogens with one attached hydrogen (secondary N) is 1. The summed E-state index contributed by atoms with van der Waals surface area (Å²) in [5, 5.41) is 6.24. The highest BCUT2D eigenvalue weighted by Crippen LogP contribution is 2.33. The van der Waals surface area contributed by atoms with Gasteiger partial charge in [-0.3, -0.25) is 9.59 Å². The summed E-state index contributed by atoms with van der Waals surface area (Å²) in [7, 11) is 0. The van der Waals surface area contributed by atoms with Crippen LogP contribution in [0.2, 0.25) is 0 Å². The highest BCUT2D eigenvalue weighted by Gasteiger charge is 2.20. The number of hydrogen-bond donors (Lipinski definition) is 1. The monoisotopic (exact) mass is 363 g/mol. The molecule has 0 atom stereocenters. The van der Waals surface area contributed by atoms with Gasteiger partial charge in [-0.25, -0.2) is 4.98 Å². The second-order valence-electron chi connectivity index (χ2n) is 7.23. The summed E-state index contributed by atoms with van der Waals surface area (Å²) in [6, 6.07) is 0. The van der Waals surface area contributed by atoms with E-state index in [1.807, 2.05) is 0 Å². The van der Waals surface area contributed by atoms with Gasteiger partial charge >= 0.3 is 0 Å². The Hall–Kier alpha value is -1.43. The summed E-state index contributed by atoms with van der Waals surface area (Å²) in [4.78, 5) is 30.5. The quantitative estimate of drug-likeness (QED) is 0.844. The maximum Gasteiger partial charge on any atom is 0.239 e. The van der Waals surface area contributed by atoms with Crippen molar-refractivity contribution in [1.82, 2.24) is 15.2 Å². The van der Waals surface area contributed by atoms with Crippen LogP contribution in [-0.4, -0.2) is 41.3 Å². The zero-order valence-electron chi connectivity index (χ0n) is 15.0. The Kier molecular flexibility index (Phi) is 6.84. The lowest BCUT2D eigenvalue weighted by Crippen LogP contribution is -2.41. The molecular weight excluding hydrogens is 334 g/mol. The molecule has 0 bridgehead atoms. The van der Waals surface area contributed by atoms with Crippen LogP contribution in [0.25, 0.3) is 0 Å². The number of rotatable bonds is 6. The molecule has 3 rings (SSSR count). The van der Waals surface area contributed by atoms with Crippen molar-refractivity contribution in [1.29, 1.82) is 0 Å². The number of carbonyl (C=O) groups excluding carboxylic acids is 2. The van der Waals surface area contributed by atoms with Crippen molar-refractivity contribution < 1.29 is 9.59 Å². The second kappa shape index (κ2) is 9.32. The molecule has 1 aromatic rings. The van der Waals surface area contributed by atoms with E-state index in [0.717, 1.165) is 30.7 Å². The molecule has 0 radical (unpaired) electrons. The fraction of sp³-hybridized carbons (Fsp3) is 0.737. The minimum atomic E-state index is -0.0562. The van der Waals surface area contributed by atoms with E-state index in [2.05, 4.69) is 10.7 Å². The van der Waals surface area contributed by atoms with Crippen LogP contribution in [0.5, 0.6) is 0 Å². The van der Waals surface area contributed by atoms with E-state index in [-0.39, 0.29) is 18.4 Å². The fourth-order valence-electron chi connectivity index (χ4n) is 3.77. The lowest BCUT2D eigenvalue weighted by Gasteiger charge is -2.19. The lowest BCUT2D eigenvalue weighted by molar-refractivity contribution is -0.135. The highest BCUT2D eigenvalue weighted by atomic mass is 32.1. The van der Waals surface area contributed by atoms with E-state index >= 15 is 0 Å². The predicted molar refractivity (Wildman–Crippen MR) is 99.7 cm³/mol. The van der Waals surface area contributed by atoms with Gasteiger partial charge in [0, 0.05) is 37.2 Å². The average Bonchev–Trinajstić information content (AvgIpc) is 3.01. The van der Waals surface area contributed by atoms with Crippen molar-refractivity contribution in [3.05, 3.63) is 16.1 Å². The Bertz CT molecular complexity index is 581. The van der Waals surface area contributed by atoms with Crippen molar-refractivity contribution in [3.8, 4) is 0 Å². The minimum absolute atomic E-state index is 0.0562. The van der Waals surface area contributed by atoms with Crippen LogP contribution in [0.4, 0.5) is 0 Å². The van der Waals surface area contributed by atoms with E-state index in [9.17, 15) is 9.59 Å². The van der Waals surface area contributed by atoms with Crippen molar-refractivity contribution in [3.63, 3.8) is 0 Å². The van der Waals surface area contributed by atoms with Crippen LogP contribution in [-0.2, 0) is 16.0 Å². The molecule has 2 amide bonds. The number of amides is 2. The van der Waals surface area contributed by atoms with Crippen LogP contribution in [0.1, 0.15) is 74.4 Å². The molecule has 2 aliphatic rings. The van der Waals surface area contributed by atoms with Crippen LogP contribution < -0.4 is 5.32 Å². The largest absolute Gasteiger partial charge is 0.354 e. The summed E-state index contributed by atoms with van der Waals surface area (Å²) < 4.78 is 0. The first kappa shape index (κ1) is 18.4. The van der Waals surface area contributed by atoms with E-state index in [1.165, 1.54) is 37.8 Å². The molecule has 2 fully saturated rings. The van der Waals surface area contributed by atoms with Crippen LogP contribution >= 0.6 is 11.3 Å². The molecule has 1 aliphatic heterocycles. The second-order valence-corrected chi connectivity index (χ2v) is 8.17. The van der Waals surface area contributed by atoms with Crippen LogP contribution in [0, 0.1) is 0 Å². The molecule has 1 N–H and O–H groups in total. The molecule has 1 aliphatic carbocycles. The van der Waals surface area contributed by atoms with E-state index in [1.54, 1.807) is 16.2 Å². The third-order valence-electron chi connectivity index (χ3n) is 5.26. The highest BCUT2D eigenvalue weighted by molar-refractivity contribution is 7.09. The maximum absolute atomic E-state index is 12.1. The molecule has 1 saturated heterocycles. The molecule has 0 aromatic carbocycles. The summed E-state index contributed by atoms with van der Waals surface area (Å²) in [6.45, 7) is 1.51. The third-order valence-corrected chi connectivity index (χ3v) is 6.19. The Labute approximate surface area is 154 Å². The minimum Gasteiger partial charge on any atom is -0.354 e. The van der Waals surface area contributed by atoms with Gasteiger partial charge in [0.25, 0.3) is 0 Å². The SMILES string of the molecule is O=C(CN1CCCCCC1=O)NCCc1nc(C2CCCCC2)cs1. The van der Waals surface area contributed by atoms with Gasteiger partial charge in [0.05, 0.1) is 17.2 Å². The van der Waals surface area contributed by atoms with E-state index in [0.29, 0.717) is 25.4 Å². The van der Waals surface area contributed by atoms with Crippen LogP contribution in [0.15, 0.2) is 5.38 Å². The van der Waals surface area contributed by atoms with Crippen molar-refractivity contribution in [2.45, 2.75) is 70.1 Å². The summed E-state index contributed by atoms with van der Waals surface area (Å²) in [5.74, 6) is 0.700. The molecular formula is C19H29N3O2S. The number of hydrogen-bond acceptors (Lipinski definition) is 4. The van der Waals surface area contributed by atoms with Crippen molar-refractivity contribution >= 4 is 23.2 Å². The number of thiazole rings is 1. The number of aromatic nitrogens is 1. The van der Waals surface area contributed by atoms with Gasteiger partial charge in [-0.2, -0.15) is 0 Å². The maximum atomic E-state index is 12.1. The Morgan fingerprint density at radius 2 is 2.00 bits per heavy atom. The van der Waals surface area contributed by atoms with Gasteiger partial charge in [0.15, 0.2) is 0 Å². The van der Waals surface area contributed by atoms with Gasteiger partial charge in [-0.15, -0.1) is 11.3 Å². The average molecular weight is 364 g/mol. The first-order chi connectivity index (χ1) is 12.2. The van der Waals surface area contributed by atoms with Gasteiger partial charge in [0.1, 0.15) is 0 Å². The summed E-state index contributed by atoms with van der Waals surface area (Å²) >= 11 is 1.71. The molecule has 1 saturated carbocycles. The van der Waals surface area contributed by atoms with Gasteiger partial charge < -0.3 is 10.2 Å². The summed E-state index contributed by atoms with van der Waals surface area (Å²) in [6.07, 6.45) is 10.9. The van der Waals surface area contributed by atoms with Gasteiger partial charge in [-0.05, 0) is 25.7 Å². The predicted octanol–water partition coefficient (Wildman–Crippen LogP) is 3.25. The smallest absolute Gasteiger partial charge is 0.239 e. The van der Waals surface area contributed by atoms with Crippen molar-refractivity contribution in [2.75, 3.05) is 19.6 Å². The van der Waals surface area contributed by atoms with Gasteiger partial charge in [0.2, 0.25) is 11.8 Å². The first-order valence-electron chi connectivity index (χ1n) is 9.71. The lowest BCUT2D eigenvalue weighted by atomic mass is 9.87. The van der Waals surface area contributed by atoms with E-state index < -0.39 is 0 Å². The molecule has 6 heteroatoms. The molecule has 5 nitrogen and oxygen atoms in total. The Morgan fingerprint density at radius 3 is 2.84 bits per heavy atom. The Balaban J connectivity index is 1.39. The third kappa shape index (κ3) is 5.53. The molecule has 0 spiro atoms. The molecule has 138 valence electrons. The zero-order valence-corrected chi connectivity index (χ0v) is 15.8. The molecule has 25 heavy (non-hydrogen) atoms. The Morgan fingerprint density at radius 1 is 1.20 bits per heavy atom. The molecule has 2 heterocycles. The number of carbonyl (C=O) groups is 2. The summed E-state index contributed by atoms with van der Waals surface area (Å²) in [5.41, 5.74) is 1.25. The fourth-order valence-corrected chi connectivity index (χ4v) is 4.65. The molecule has 1 aromatic heterocycles. The number of likely N-dealkylation sites (tertiary alicyclic amines) is 1. The topological polar surface area (TPSA) is 62.3 Å².